The van der Waals surface area contributed by atoms with Crippen molar-refractivity contribution in [1.82, 2.24) is 5.32 Å². The first-order valence-electron chi connectivity index (χ1n) is 5.33. The van der Waals surface area contributed by atoms with Gasteiger partial charge in [0.15, 0.2) is 0 Å². The standard InChI is InChI=1S/C12H15NO/c14-12(7-13-8-12)11-5-4-9-2-1-3-10(9)6-11/h4-6,13-14H,1-3,7-8H2. The van der Waals surface area contributed by atoms with E-state index in [9.17, 15) is 5.11 Å². The van der Waals surface area contributed by atoms with Crippen LogP contribution in [0.3, 0.4) is 0 Å². The summed E-state index contributed by atoms with van der Waals surface area (Å²) in [4.78, 5) is 0. The van der Waals surface area contributed by atoms with E-state index in [1.165, 1.54) is 30.4 Å². The van der Waals surface area contributed by atoms with Crippen LogP contribution < -0.4 is 5.32 Å². The van der Waals surface area contributed by atoms with Gasteiger partial charge in [-0.2, -0.15) is 0 Å². The molecule has 0 bridgehead atoms. The van der Waals surface area contributed by atoms with E-state index in [1.807, 2.05) is 0 Å². The van der Waals surface area contributed by atoms with E-state index in [2.05, 4.69) is 23.5 Å². The summed E-state index contributed by atoms with van der Waals surface area (Å²) < 4.78 is 0. The second-order valence-corrected chi connectivity index (χ2v) is 4.47. The zero-order chi connectivity index (χ0) is 9.60. The van der Waals surface area contributed by atoms with Gasteiger partial charge in [0, 0.05) is 13.1 Å². The van der Waals surface area contributed by atoms with Gasteiger partial charge in [-0.15, -0.1) is 0 Å². The summed E-state index contributed by atoms with van der Waals surface area (Å²) in [7, 11) is 0. The van der Waals surface area contributed by atoms with Gasteiger partial charge in [-0.25, -0.2) is 0 Å². The van der Waals surface area contributed by atoms with Crippen molar-refractivity contribution in [2.45, 2.75) is 24.9 Å². The van der Waals surface area contributed by atoms with Crippen LogP contribution in [0.15, 0.2) is 18.2 Å². The molecule has 1 aliphatic heterocycles. The maximum Gasteiger partial charge on any atom is 0.114 e. The molecule has 14 heavy (non-hydrogen) atoms. The predicted octanol–water partition coefficient (Wildman–Crippen LogP) is 0.966. The van der Waals surface area contributed by atoms with Crippen molar-refractivity contribution in [1.29, 1.82) is 0 Å². The van der Waals surface area contributed by atoms with Crippen LogP contribution in [-0.4, -0.2) is 18.2 Å². The van der Waals surface area contributed by atoms with Crippen molar-refractivity contribution in [2.75, 3.05) is 13.1 Å². The highest BCUT2D eigenvalue weighted by atomic mass is 16.3. The molecule has 0 amide bonds. The lowest BCUT2D eigenvalue weighted by Crippen LogP contribution is -2.56. The van der Waals surface area contributed by atoms with Crippen LogP contribution in [0.2, 0.25) is 0 Å². The van der Waals surface area contributed by atoms with E-state index in [0.29, 0.717) is 13.1 Å². The van der Waals surface area contributed by atoms with Crippen LogP contribution in [0.4, 0.5) is 0 Å². The molecule has 74 valence electrons. The number of fused-ring (bicyclic) bond motifs is 1. The van der Waals surface area contributed by atoms with Gasteiger partial charge >= 0.3 is 0 Å². The molecule has 1 heterocycles. The Morgan fingerprint density at radius 3 is 2.64 bits per heavy atom. The third kappa shape index (κ3) is 1.11. The molecule has 2 N–H and O–H groups in total. The molecule has 0 atom stereocenters. The smallest absolute Gasteiger partial charge is 0.114 e. The first-order chi connectivity index (χ1) is 6.78. The van der Waals surface area contributed by atoms with Crippen molar-refractivity contribution >= 4 is 0 Å². The molecular weight excluding hydrogens is 174 g/mol. The SMILES string of the molecule is OC1(c2ccc3c(c2)CCC3)CNC1. The van der Waals surface area contributed by atoms with Crippen LogP contribution >= 0.6 is 0 Å². The molecule has 1 aliphatic carbocycles. The summed E-state index contributed by atoms with van der Waals surface area (Å²) in [6.45, 7) is 1.40. The van der Waals surface area contributed by atoms with Crippen LogP contribution in [0.1, 0.15) is 23.1 Å². The number of rotatable bonds is 1. The molecule has 1 fully saturated rings. The Morgan fingerprint density at radius 1 is 1.14 bits per heavy atom. The maximum atomic E-state index is 10.2. The average molecular weight is 189 g/mol. The number of benzene rings is 1. The minimum atomic E-state index is -0.586. The summed E-state index contributed by atoms with van der Waals surface area (Å²) >= 11 is 0. The van der Waals surface area contributed by atoms with Crippen LogP contribution in [0, 0.1) is 0 Å². The molecule has 0 spiro atoms. The predicted molar refractivity (Wildman–Crippen MR) is 55.2 cm³/mol. The number of aliphatic hydroxyl groups is 1. The van der Waals surface area contributed by atoms with Gasteiger partial charge in [0.25, 0.3) is 0 Å². The molecule has 1 aromatic carbocycles. The fourth-order valence-electron chi connectivity index (χ4n) is 2.43. The van der Waals surface area contributed by atoms with Gasteiger partial charge in [0.2, 0.25) is 0 Å². The average Bonchev–Trinajstić information content (AvgIpc) is 2.60. The van der Waals surface area contributed by atoms with E-state index in [4.69, 9.17) is 0 Å². The first-order valence-corrected chi connectivity index (χ1v) is 5.33. The van der Waals surface area contributed by atoms with Crippen molar-refractivity contribution in [2.24, 2.45) is 0 Å². The minimum Gasteiger partial charge on any atom is -0.382 e. The summed E-state index contributed by atoms with van der Waals surface area (Å²) in [5, 5.41) is 13.3. The number of hydrogen-bond donors (Lipinski definition) is 2. The molecule has 2 nitrogen and oxygen atoms in total. The van der Waals surface area contributed by atoms with Crippen molar-refractivity contribution in [3.63, 3.8) is 0 Å². The number of hydrogen-bond acceptors (Lipinski definition) is 2. The third-order valence-corrected chi connectivity index (χ3v) is 3.47. The zero-order valence-electron chi connectivity index (χ0n) is 8.21. The first kappa shape index (κ1) is 8.45. The largest absolute Gasteiger partial charge is 0.382 e. The summed E-state index contributed by atoms with van der Waals surface area (Å²) in [6.07, 6.45) is 3.68. The fraction of sp³-hybridized carbons (Fsp3) is 0.500. The number of aryl methyl sites for hydroxylation is 2. The van der Waals surface area contributed by atoms with Gasteiger partial charge in [-0.05, 0) is 36.0 Å². The number of β-amino-alcohol motifs (C(OH)–C–C–N with tert-alkyl or cyclic N) is 1. The Morgan fingerprint density at radius 2 is 1.93 bits per heavy atom. The third-order valence-electron chi connectivity index (χ3n) is 3.47. The molecule has 2 heteroatoms. The van der Waals surface area contributed by atoms with Crippen LogP contribution in [-0.2, 0) is 18.4 Å². The minimum absolute atomic E-state index is 0.586. The number of nitrogens with one attached hydrogen (secondary N) is 1. The topological polar surface area (TPSA) is 32.3 Å². The fourth-order valence-corrected chi connectivity index (χ4v) is 2.43. The van der Waals surface area contributed by atoms with Crippen LogP contribution in [0.25, 0.3) is 0 Å². The molecule has 0 unspecified atom stereocenters. The molecular formula is C12H15NO. The molecule has 3 rings (SSSR count). The second-order valence-electron chi connectivity index (χ2n) is 4.47. The molecule has 0 aromatic heterocycles. The highest BCUT2D eigenvalue weighted by Gasteiger charge is 2.36. The lowest BCUT2D eigenvalue weighted by molar-refractivity contribution is -0.0147. The van der Waals surface area contributed by atoms with E-state index in [1.54, 1.807) is 0 Å². The van der Waals surface area contributed by atoms with Gasteiger partial charge in [-0.3, -0.25) is 0 Å². The molecule has 1 aromatic rings. The van der Waals surface area contributed by atoms with Gasteiger partial charge < -0.3 is 10.4 Å². The Kier molecular flexibility index (Phi) is 1.70. The van der Waals surface area contributed by atoms with E-state index >= 15 is 0 Å². The Hall–Kier alpha value is -0.860. The van der Waals surface area contributed by atoms with E-state index in [-0.39, 0.29) is 0 Å². The zero-order valence-corrected chi connectivity index (χ0v) is 8.21. The van der Waals surface area contributed by atoms with Crippen molar-refractivity contribution in [3.05, 3.63) is 34.9 Å². The molecule has 1 saturated heterocycles. The van der Waals surface area contributed by atoms with Crippen molar-refractivity contribution in [3.8, 4) is 0 Å². The van der Waals surface area contributed by atoms with Crippen LogP contribution in [0.5, 0.6) is 0 Å². The van der Waals surface area contributed by atoms with Gasteiger partial charge in [0.1, 0.15) is 5.60 Å². The van der Waals surface area contributed by atoms with Crippen molar-refractivity contribution < 1.29 is 5.11 Å². The molecule has 0 radical (unpaired) electrons. The Balaban J connectivity index is 2.00. The second kappa shape index (κ2) is 2.81. The normalized spacial score (nSPS) is 22.9. The summed E-state index contributed by atoms with van der Waals surface area (Å²) in [6, 6.07) is 6.47. The summed E-state index contributed by atoms with van der Waals surface area (Å²) in [5.74, 6) is 0. The summed E-state index contributed by atoms with van der Waals surface area (Å²) in [5.41, 5.74) is 3.43. The molecule has 0 saturated carbocycles. The van der Waals surface area contributed by atoms with Gasteiger partial charge in [-0.1, -0.05) is 18.2 Å². The highest BCUT2D eigenvalue weighted by Crippen LogP contribution is 2.30. The maximum absolute atomic E-state index is 10.2. The monoisotopic (exact) mass is 189 g/mol. The highest BCUT2D eigenvalue weighted by molar-refractivity contribution is 5.38. The quantitative estimate of drug-likeness (QED) is 0.690. The van der Waals surface area contributed by atoms with Gasteiger partial charge in [0.05, 0.1) is 0 Å². The molecule has 2 aliphatic rings. The Bertz CT molecular complexity index is 369. The lowest BCUT2D eigenvalue weighted by Gasteiger charge is -2.38. The van der Waals surface area contributed by atoms with E-state index < -0.39 is 5.60 Å². The lowest BCUT2D eigenvalue weighted by atomic mass is 9.87. The van der Waals surface area contributed by atoms with E-state index in [0.717, 1.165) is 5.56 Å². The Labute approximate surface area is 84.0 Å².